The van der Waals surface area contributed by atoms with Crippen LogP contribution in [0.4, 0.5) is 0 Å². The van der Waals surface area contributed by atoms with Crippen molar-refractivity contribution in [2.75, 3.05) is 13.2 Å². The molecule has 70 valence electrons. The fraction of sp³-hybridized carbons (Fsp3) is 1.00. The highest BCUT2D eigenvalue weighted by Crippen LogP contribution is 2.34. The maximum Gasteiger partial charge on any atom is 0.164 e. The number of rotatable bonds is 1. The highest BCUT2D eigenvalue weighted by molar-refractivity contribution is 4.91. The predicted octanol–water partition coefficient (Wildman–Crippen LogP) is -0.102. The third-order valence-corrected chi connectivity index (χ3v) is 2.24. The first kappa shape index (κ1) is 8.44. The predicted molar refractivity (Wildman–Crippen MR) is 40.7 cm³/mol. The Kier molecular flexibility index (Phi) is 1.88. The third kappa shape index (κ3) is 1.25. The summed E-state index contributed by atoms with van der Waals surface area (Å²) in [5.74, 6) is -0.521. The molecular formula is C8H14O4. The van der Waals surface area contributed by atoms with Crippen LogP contribution in [0.3, 0.4) is 0 Å². The topological polar surface area (TPSA) is 47.9 Å². The third-order valence-electron chi connectivity index (χ3n) is 2.24. The van der Waals surface area contributed by atoms with Gasteiger partial charge in [-0.3, -0.25) is 0 Å². The number of hydrogen-bond acceptors (Lipinski definition) is 4. The first-order chi connectivity index (χ1) is 5.62. The van der Waals surface area contributed by atoms with E-state index in [0.717, 1.165) is 0 Å². The van der Waals surface area contributed by atoms with Crippen LogP contribution in [-0.2, 0) is 14.2 Å². The van der Waals surface area contributed by atoms with E-state index in [1.807, 2.05) is 13.8 Å². The Morgan fingerprint density at radius 2 is 2.17 bits per heavy atom. The van der Waals surface area contributed by atoms with Crippen molar-refractivity contribution in [1.82, 2.24) is 0 Å². The standard InChI is InChI=1S/C8H14O4/c1-8(2)11-6-4-10-5(3-9)7(6)12-8/h5-7,9H,3-4H2,1-2H3/t5?,6?,7-/m1/s1. The highest BCUT2D eigenvalue weighted by atomic mass is 16.8. The van der Waals surface area contributed by atoms with Gasteiger partial charge in [0.25, 0.3) is 0 Å². The lowest BCUT2D eigenvalue weighted by atomic mass is 10.2. The number of hydrogen-bond donors (Lipinski definition) is 1. The summed E-state index contributed by atoms with van der Waals surface area (Å²) in [6.45, 7) is 4.28. The average Bonchev–Trinajstić information content (AvgIpc) is 2.42. The van der Waals surface area contributed by atoms with Gasteiger partial charge in [-0.1, -0.05) is 0 Å². The molecule has 0 amide bonds. The molecule has 2 saturated heterocycles. The number of fused-ring (bicyclic) bond motifs is 1. The molecule has 4 heteroatoms. The molecule has 4 nitrogen and oxygen atoms in total. The van der Waals surface area contributed by atoms with Crippen LogP contribution < -0.4 is 0 Å². The van der Waals surface area contributed by atoms with Gasteiger partial charge in [-0.2, -0.15) is 0 Å². The normalized spacial score (nSPS) is 44.8. The second-order valence-electron chi connectivity index (χ2n) is 3.69. The second-order valence-corrected chi connectivity index (χ2v) is 3.69. The molecule has 0 aromatic heterocycles. The molecule has 2 aliphatic rings. The minimum Gasteiger partial charge on any atom is -0.394 e. The molecular weight excluding hydrogens is 160 g/mol. The molecule has 2 heterocycles. The van der Waals surface area contributed by atoms with Crippen LogP contribution in [0, 0.1) is 0 Å². The molecule has 0 aromatic rings. The van der Waals surface area contributed by atoms with Gasteiger partial charge in [0, 0.05) is 0 Å². The summed E-state index contributed by atoms with van der Waals surface area (Å²) in [5.41, 5.74) is 0. The van der Waals surface area contributed by atoms with Crippen LogP contribution >= 0.6 is 0 Å². The lowest BCUT2D eigenvalue weighted by Crippen LogP contribution is -2.31. The van der Waals surface area contributed by atoms with Crippen molar-refractivity contribution in [2.24, 2.45) is 0 Å². The first-order valence-electron chi connectivity index (χ1n) is 4.20. The Balaban J connectivity index is 2.06. The van der Waals surface area contributed by atoms with Gasteiger partial charge in [0.1, 0.15) is 18.3 Å². The SMILES string of the molecule is CC1(C)OC2COC(CO)[C@H]2O1. The first-order valence-corrected chi connectivity index (χ1v) is 4.20. The van der Waals surface area contributed by atoms with Crippen LogP contribution in [0.25, 0.3) is 0 Å². The van der Waals surface area contributed by atoms with E-state index < -0.39 is 5.79 Å². The molecule has 0 aromatic carbocycles. The van der Waals surface area contributed by atoms with E-state index >= 15 is 0 Å². The lowest BCUT2D eigenvalue weighted by Gasteiger charge is -2.20. The summed E-state index contributed by atoms with van der Waals surface area (Å²) in [7, 11) is 0. The van der Waals surface area contributed by atoms with Gasteiger partial charge < -0.3 is 19.3 Å². The maximum absolute atomic E-state index is 8.92. The number of ether oxygens (including phenoxy) is 3. The van der Waals surface area contributed by atoms with Crippen LogP contribution in [-0.4, -0.2) is 42.4 Å². The fourth-order valence-electron chi connectivity index (χ4n) is 1.78. The quantitative estimate of drug-likeness (QED) is 0.603. The van der Waals surface area contributed by atoms with Crippen LogP contribution in [0.5, 0.6) is 0 Å². The zero-order valence-corrected chi connectivity index (χ0v) is 7.32. The fourth-order valence-corrected chi connectivity index (χ4v) is 1.78. The molecule has 2 aliphatic heterocycles. The molecule has 0 radical (unpaired) electrons. The maximum atomic E-state index is 8.92. The minimum absolute atomic E-state index is 0.000602. The summed E-state index contributed by atoms with van der Waals surface area (Å²) in [6, 6.07) is 0. The monoisotopic (exact) mass is 174 g/mol. The van der Waals surface area contributed by atoms with Crippen molar-refractivity contribution in [1.29, 1.82) is 0 Å². The summed E-state index contributed by atoms with van der Waals surface area (Å²) in [4.78, 5) is 0. The van der Waals surface area contributed by atoms with Crippen LogP contribution in [0.1, 0.15) is 13.8 Å². The van der Waals surface area contributed by atoms with Crippen molar-refractivity contribution in [3.63, 3.8) is 0 Å². The molecule has 12 heavy (non-hydrogen) atoms. The Labute approximate surface area is 71.4 Å². The number of aliphatic hydroxyl groups is 1. The molecule has 0 spiro atoms. The molecule has 0 bridgehead atoms. The van der Waals surface area contributed by atoms with E-state index in [1.165, 1.54) is 0 Å². The molecule has 0 aliphatic carbocycles. The molecule has 2 rings (SSSR count). The van der Waals surface area contributed by atoms with E-state index in [2.05, 4.69) is 0 Å². The van der Waals surface area contributed by atoms with E-state index in [9.17, 15) is 0 Å². The number of aliphatic hydroxyl groups excluding tert-OH is 1. The highest BCUT2D eigenvalue weighted by Gasteiger charge is 2.49. The molecule has 2 unspecified atom stereocenters. The molecule has 2 fully saturated rings. The summed E-state index contributed by atoms with van der Waals surface area (Å²) in [6.07, 6.45) is -0.307. The van der Waals surface area contributed by atoms with Gasteiger partial charge in [-0.25, -0.2) is 0 Å². The van der Waals surface area contributed by atoms with Crippen LogP contribution in [0.15, 0.2) is 0 Å². The average molecular weight is 174 g/mol. The van der Waals surface area contributed by atoms with Gasteiger partial charge in [0.15, 0.2) is 5.79 Å². The van der Waals surface area contributed by atoms with Crippen molar-refractivity contribution >= 4 is 0 Å². The summed E-state index contributed by atoms with van der Waals surface area (Å²) in [5, 5.41) is 8.92. The van der Waals surface area contributed by atoms with Gasteiger partial charge in [0.2, 0.25) is 0 Å². The lowest BCUT2D eigenvalue weighted by molar-refractivity contribution is -0.177. The zero-order chi connectivity index (χ0) is 8.77. The van der Waals surface area contributed by atoms with E-state index in [1.54, 1.807) is 0 Å². The second kappa shape index (κ2) is 2.67. The van der Waals surface area contributed by atoms with E-state index in [4.69, 9.17) is 19.3 Å². The minimum atomic E-state index is -0.521. The Morgan fingerprint density at radius 1 is 1.42 bits per heavy atom. The Bertz CT molecular complexity index is 180. The smallest absolute Gasteiger partial charge is 0.164 e. The van der Waals surface area contributed by atoms with Gasteiger partial charge in [-0.05, 0) is 13.8 Å². The molecule has 3 atom stereocenters. The van der Waals surface area contributed by atoms with Crippen LogP contribution in [0.2, 0.25) is 0 Å². The van der Waals surface area contributed by atoms with Crippen molar-refractivity contribution in [3.05, 3.63) is 0 Å². The van der Waals surface area contributed by atoms with E-state index in [-0.39, 0.29) is 24.9 Å². The van der Waals surface area contributed by atoms with Crippen molar-refractivity contribution in [3.8, 4) is 0 Å². The molecule has 1 N–H and O–H groups in total. The van der Waals surface area contributed by atoms with Gasteiger partial charge in [-0.15, -0.1) is 0 Å². The largest absolute Gasteiger partial charge is 0.394 e. The Morgan fingerprint density at radius 3 is 2.83 bits per heavy atom. The zero-order valence-electron chi connectivity index (χ0n) is 7.32. The summed E-state index contributed by atoms with van der Waals surface area (Å²) >= 11 is 0. The van der Waals surface area contributed by atoms with Gasteiger partial charge in [0.05, 0.1) is 13.2 Å². The molecule has 0 saturated carbocycles. The van der Waals surface area contributed by atoms with Crippen molar-refractivity contribution in [2.45, 2.75) is 37.9 Å². The van der Waals surface area contributed by atoms with Crippen molar-refractivity contribution < 1.29 is 19.3 Å². The van der Waals surface area contributed by atoms with Gasteiger partial charge >= 0.3 is 0 Å². The summed E-state index contributed by atoms with van der Waals surface area (Å²) < 4.78 is 16.4. The van der Waals surface area contributed by atoms with E-state index in [0.29, 0.717) is 6.61 Å². The Hall–Kier alpha value is -0.160.